The molecule has 1 aromatic carbocycles. The van der Waals surface area contributed by atoms with E-state index < -0.39 is 17.7 Å². The fraction of sp³-hybridized carbons (Fsp3) is 0.421. The second-order valence-electron chi connectivity index (χ2n) is 7.39. The lowest BCUT2D eigenvalue weighted by Gasteiger charge is -2.38. The van der Waals surface area contributed by atoms with Gasteiger partial charge in [-0.25, -0.2) is 14.4 Å². The number of anilines is 1. The third-order valence-electron chi connectivity index (χ3n) is 5.74. The number of aromatic nitrogens is 2. The Bertz CT molecular complexity index is 937. The molecule has 1 aromatic heterocycles. The van der Waals surface area contributed by atoms with Gasteiger partial charge in [0.2, 0.25) is 0 Å². The number of halogens is 5. The van der Waals surface area contributed by atoms with Gasteiger partial charge in [0.25, 0.3) is 5.91 Å². The van der Waals surface area contributed by atoms with Crippen LogP contribution in [0.25, 0.3) is 0 Å². The summed E-state index contributed by atoms with van der Waals surface area (Å²) in [6, 6.07) is 4.13. The van der Waals surface area contributed by atoms with Crippen molar-refractivity contribution >= 4 is 34.3 Å². The molecule has 0 radical (unpaired) electrons. The van der Waals surface area contributed by atoms with E-state index in [9.17, 15) is 22.4 Å². The Labute approximate surface area is 178 Å². The third-order valence-corrected chi connectivity index (χ3v) is 6.83. The van der Waals surface area contributed by atoms with Crippen molar-refractivity contribution in [3.63, 3.8) is 0 Å². The van der Waals surface area contributed by atoms with Crippen molar-refractivity contribution in [1.29, 1.82) is 0 Å². The van der Waals surface area contributed by atoms with E-state index in [-0.39, 0.29) is 39.3 Å². The first-order chi connectivity index (χ1) is 13.7. The normalized spacial score (nSPS) is 26.1. The Balaban J connectivity index is 1.53. The van der Waals surface area contributed by atoms with Crippen molar-refractivity contribution in [2.45, 2.75) is 44.1 Å². The third kappa shape index (κ3) is 3.66. The van der Waals surface area contributed by atoms with Gasteiger partial charge < -0.3 is 10.2 Å². The average molecular weight is 520 g/mol. The number of carbonyl (C=O) groups is 1. The summed E-state index contributed by atoms with van der Waals surface area (Å²) in [4.78, 5) is 22.1. The molecule has 2 aliphatic rings. The smallest absolute Gasteiger partial charge is 0.364 e. The molecule has 29 heavy (non-hydrogen) atoms. The molecule has 4 unspecified atom stereocenters. The predicted molar refractivity (Wildman–Crippen MR) is 106 cm³/mol. The fourth-order valence-electron chi connectivity index (χ4n) is 4.32. The number of hydrogen-bond donors (Lipinski definition) is 1. The van der Waals surface area contributed by atoms with Crippen LogP contribution in [0.3, 0.4) is 0 Å². The number of rotatable bonds is 3. The number of piperidine rings is 1. The Morgan fingerprint density at radius 1 is 1.24 bits per heavy atom. The van der Waals surface area contributed by atoms with Gasteiger partial charge in [0.15, 0.2) is 5.69 Å². The maximum Gasteiger partial charge on any atom is 0.434 e. The van der Waals surface area contributed by atoms with Crippen LogP contribution in [0.15, 0.2) is 30.6 Å². The van der Waals surface area contributed by atoms with Gasteiger partial charge >= 0.3 is 6.18 Å². The van der Waals surface area contributed by atoms with Crippen LogP contribution >= 0.6 is 22.6 Å². The van der Waals surface area contributed by atoms with Crippen LogP contribution in [0.5, 0.6) is 0 Å². The zero-order valence-electron chi connectivity index (χ0n) is 15.3. The van der Waals surface area contributed by atoms with Crippen LogP contribution < -0.4 is 5.32 Å². The summed E-state index contributed by atoms with van der Waals surface area (Å²) in [5.41, 5.74) is -0.736. The highest BCUT2D eigenvalue weighted by Gasteiger charge is 2.51. The van der Waals surface area contributed by atoms with Gasteiger partial charge in [0, 0.05) is 12.1 Å². The first-order valence-corrected chi connectivity index (χ1v) is 10.2. The first-order valence-electron chi connectivity index (χ1n) is 9.09. The number of carbonyl (C=O) groups excluding carboxylic acids is 1. The van der Waals surface area contributed by atoms with Crippen LogP contribution in [0.2, 0.25) is 0 Å². The van der Waals surface area contributed by atoms with E-state index in [1.807, 2.05) is 29.5 Å². The van der Waals surface area contributed by atoms with Gasteiger partial charge in [-0.05, 0) is 60.4 Å². The minimum Gasteiger partial charge on any atom is -0.364 e. The van der Waals surface area contributed by atoms with E-state index in [2.05, 4.69) is 15.3 Å². The number of benzene rings is 1. The number of likely N-dealkylation sites (tertiary alicyclic amines) is 1. The molecule has 1 saturated carbocycles. The molecule has 0 spiro atoms. The van der Waals surface area contributed by atoms with Gasteiger partial charge in [-0.3, -0.25) is 4.79 Å². The second-order valence-corrected chi connectivity index (χ2v) is 8.47. The highest BCUT2D eigenvalue weighted by atomic mass is 127. The standard InChI is InChI=1S/C19H17F4IN4O/c1-9-10-5-13(27-16-8-25-15(7-26-16)19(21,22)23)14(6-10)28(9)18(29)11-3-2-4-12(20)17(11)24/h2-4,7-10,13-14H,5-6H2,1H3,(H,26,27). The maximum atomic E-state index is 13.9. The monoisotopic (exact) mass is 520 g/mol. The molecule has 1 amide bonds. The molecule has 1 aliphatic heterocycles. The zero-order chi connectivity index (χ0) is 20.9. The van der Waals surface area contributed by atoms with Crippen molar-refractivity contribution in [2.75, 3.05) is 5.32 Å². The van der Waals surface area contributed by atoms with Crippen molar-refractivity contribution in [1.82, 2.24) is 14.9 Å². The maximum absolute atomic E-state index is 13.9. The number of nitrogens with one attached hydrogen (secondary N) is 1. The summed E-state index contributed by atoms with van der Waals surface area (Å²) in [5.74, 6) is -0.187. The summed E-state index contributed by atoms with van der Waals surface area (Å²) in [5, 5.41) is 3.12. The number of amides is 1. The quantitative estimate of drug-likeness (QED) is 0.484. The Morgan fingerprint density at radius 3 is 2.62 bits per heavy atom. The van der Waals surface area contributed by atoms with E-state index in [0.29, 0.717) is 11.8 Å². The molecule has 2 heterocycles. The minimum absolute atomic E-state index is 0.00306. The zero-order valence-corrected chi connectivity index (χ0v) is 17.4. The molecule has 1 N–H and O–H groups in total. The van der Waals surface area contributed by atoms with Gasteiger partial charge in [-0.15, -0.1) is 0 Å². The number of alkyl halides is 3. The van der Waals surface area contributed by atoms with Gasteiger partial charge in [-0.2, -0.15) is 13.2 Å². The summed E-state index contributed by atoms with van der Waals surface area (Å²) in [7, 11) is 0. The highest BCUT2D eigenvalue weighted by Crippen LogP contribution is 2.44. The molecular weight excluding hydrogens is 503 g/mol. The summed E-state index contributed by atoms with van der Waals surface area (Å²) in [6.45, 7) is 1.98. The molecule has 2 aromatic rings. The van der Waals surface area contributed by atoms with E-state index in [4.69, 9.17) is 0 Å². The lowest BCUT2D eigenvalue weighted by Crippen LogP contribution is -2.51. The highest BCUT2D eigenvalue weighted by molar-refractivity contribution is 14.1. The van der Waals surface area contributed by atoms with Crippen molar-refractivity contribution in [3.8, 4) is 0 Å². The van der Waals surface area contributed by atoms with Gasteiger partial charge in [-0.1, -0.05) is 6.07 Å². The van der Waals surface area contributed by atoms with E-state index in [1.54, 1.807) is 11.0 Å². The second kappa shape index (κ2) is 7.37. The van der Waals surface area contributed by atoms with Gasteiger partial charge in [0.1, 0.15) is 11.6 Å². The lowest BCUT2D eigenvalue weighted by molar-refractivity contribution is -0.141. The van der Waals surface area contributed by atoms with E-state index >= 15 is 0 Å². The topological polar surface area (TPSA) is 58.1 Å². The number of fused-ring (bicyclic) bond motifs is 2. The molecule has 2 fully saturated rings. The Hall–Kier alpha value is -1.98. The minimum atomic E-state index is -4.54. The Morgan fingerprint density at radius 2 is 2.00 bits per heavy atom. The van der Waals surface area contributed by atoms with Crippen LogP contribution in [-0.4, -0.2) is 38.9 Å². The molecule has 2 bridgehead atoms. The molecule has 4 atom stereocenters. The van der Waals surface area contributed by atoms with E-state index in [1.165, 1.54) is 12.1 Å². The molecule has 5 nitrogen and oxygen atoms in total. The number of nitrogens with zero attached hydrogens (tertiary/aromatic N) is 3. The molecule has 4 rings (SSSR count). The first kappa shape index (κ1) is 20.3. The fourth-order valence-corrected chi connectivity index (χ4v) is 4.91. The average Bonchev–Trinajstić information content (AvgIpc) is 3.21. The SMILES string of the molecule is CC1C2CC(Nc3cnc(C(F)(F)F)cn3)C(C2)N1C(=O)c1cccc(F)c1I. The van der Waals surface area contributed by atoms with Crippen LogP contribution in [0.4, 0.5) is 23.4 Å². The van der Waals surface area contributed by atoms with Crippen LogP contribution in [0.1, 0.15) is 35.8 Å². The number of hydrogen-bond acceptors (Lipinski definition) is 4. The molecule has 1 aliphatic carbocycles. The summed E-state index contributed by atoms with van der Waals surface area (Å²) < 4.78 is 52.2. The van der Waals surface area contributed by atoms with Crippen LogP contribution in [-0.2, 0) is 6.18 Å². The van der Waals surface area contributed by atoms with Gasteiger partial charge in [0.05, 0.1) is 27.6 Å². The van der Waals surface area contributed by atoms with E-state index in [0.717, 1.165) is 19.0 Å². The van der Waals surface area contributed by atoms with Crippen LogP contribution in [0, 0.1) is 15.3 Å². The van der Waals surface area contributed by atoms with Crippen molar-refractivity contribution in [2.24, 2.45) is 5.92 Å². The predicted octanol–water partition coefficient (Wildman–Crippen LogP) is 4.34. The van der Waals surface area contributed by atoms with Crippen molar-refractivity contribution in [3.05, 3.63) is 51.2 Å². The summed E-state index contributed by atoms with van der Waals surface area (Å²) >= 11 is 1.83. The molecule has 154 valence electrons. The summed E-state index contributed by atoms with van der Waals surface area (Å²) in [6.07, 6.45) is -1.24. The van der Waals surface area contributed by atoms with Crippen molar-refractivity contribution < 1.29 is 22.4 Å². The molecular formula is C19H17F4IN4O. The largest absolute Gasteiger partial charge is 0.434 e. The lowest BCUT2D eigenvalue weighted by atomic mass is 9.97. The molecule has 1 saturated heterocycles. The molecule has 10 heteroatoms. The Kier molecular flexibility index (Phi) is 5.16.